The molecule has 0 aliphatic heterocycles. The minimum absolute atomic E-state index is 0.185. The van der Waals surface area contributed by atoms with Gasteiger partial charge in [-0.2, -0.15) is 0 Å². The SMILES string of the molecule is CCCCCOC(C)COCCC[Si](C)(OC)OC. The highest BCUT2D eigenvalue weighted by molar-refractivity contribution is 6.65. The van der Waals surface area contributed by atoms with Gasteiger partial charge in [0.25, 0.3) is 0 Å². The van der Waals surface area contributed by atoms with Crippen LogP contribution >= 0.6 is 0 Å². The van der Waals surface area contributed by atoms with E-state index < -0.39 is 8.56 Å². The summed E-state index contributed by atoms with van der Waals surface area (Å²) >= 11 is 0. The van der Waals surface area contributed by atoms with Crippen LogP contribution in [0.25, 0.3) is 0 Å². The van der Waals surface area contributed by atoms with Crippen LogP contribution in [0.15, 0.2) is 0 Å². The van der Waals surface area contributed by atoms with Gasteiger partial charge in [0.05, 0.1) is 12.7 Å². The minimum Gasteiger partial charge on any atom is -0.398 e. The lowest BCUT2D eigenvalue weighted by atomic mass is 10.3. The van der Waals surface area contributed by atoms with Crippen LogP contribution in [0.1, 0.15) is 39.5 Å². The van der Waals surface area contributed by atoms with Crippen molar-refractivity contribution in [3.05, 3.63) is 0 Å². The Labute approximate surface area is 120 Å². The standard InChI is InChI=1S/C14H32O4Si/c1-6-7-8-11-18-14(2)13-17-10-9-12-19(5,15-3)16-4/h14H,6-13H2,1-5H3. The molecule has 0 aromatic carbocycles. The first-order valence-electron chi connectivity index (χ1n) is 7.37. The summed E-state index contributed by atoms with van der Waals surface area (Å²) in [6.07, 6.45) is 4.78. The summed E-state index contributed by atoms with van der Waals surface area (Å²) in [6, 6.07) is 0.964. The third kappa shape index (κ3) is 10.5. The average Bonchev–Trinajstić information content (AvgIpc) is 2.43. The Balaban J connectivity index is 3.43. The Morgan fingerprint density at radius 2 is 1.68 bits per heavy atom. The van der Waals surface area contributed by atoms with Crippen LogP contribution in [0.5, 0.6) is 0 Å². The van der Waals surface area contributed by atoms with E-state index in [1.807, 2.05) is 0 Å². The molecule has 0 aromatic rings. The zero-order valence-electron chi connectivity index (χ0n) is 13.4. The topological polar surface area (TPSA) is 36.9 Å². The third-order valence-electron chi connectivity index (χ3n) is 3.29. The molecular formula is C14H32O4Si. The summed E-state index contributed by atoms with van der Waals surface area (Å²) in [6.45, 7) is 8.60. The average molecular weight is 292 g/mol. The van der Waals surface area contributed by atoms with Gasteiger partial charge in [-0.3, -0.25) is 0 Å². The molecule has 1 unspecified atom stereocenters. The highest BCUT2D eigenvalue weighted by atomic mass is 28.4. The van der Waals surface area contributed by atoms with Gasteiger partial charge in [0.1, 0.15) is 0 Å². The van der Waals surface area contributed by atoms with E-state index in [1.165, 1.54) is 12.8 Å². The summed E-state index contributed by atoms with van der Waals surface area (Å²) in [5, 5.41) is 0. The Morgan fingerprint density at radius 1 is 1.00 bits per heavy atom. The number of rotatable bonds is 13. The predicted molar refractivity (Wildman–Crippen MR) is 80.8 cm³/mol. The van der Waals surface area contributed by atoms with Crippen molar-refractivity contribution < 1.29 is 18.3 Å². The largest absolute Gasteiger partial charge is 0.398 e. The first-order valence-corrected chi connectivity index (χ1v) is 9.90. The van der Waals surface area contributed by atoms with Crippen molar-refractivity contribution in [2.45, 2.75) is 58.2 Å². The normalized spacial score (nSPS) is 13.7. The van der Waals surface area contributed by atoms with Gasteiger partial charge in [-0.25, -0.2) is 0 Å². The van der Waals surface area contributed by atoms with Crippen LogP contribution in [-0.2, 0) is 18.3 Å². The molecule has 0 aromatic heterocycles. The molecule has 19 heavy (non-hydrogen) atoms. The molecule has 1 atom stereocenters. The van der Waals surface area contributed by atoms with Crippen LogP contribution in [0.4, 0.5) is 0 Å². The number of unbranched alkanes of at least 4 members (excludes halogenated alkanes) is 2. The number of hydrogen-bond donors (Lipinski definition) is 0. The van der Waals surface area contributed by atoms with E-state index in [-0.39, 0.29) is 6.10 Å². The van der Waals surface area contributed by atoms with Gasteiger partial charge in [0.2, 0.25) is 0 Å². The van der Waals surface area contributed by atoms with Gasteiger partial charge < -0.3 is 18.3 Å². The fourth-order valence-corrected chi connectivity index (χ4v) is 3.08. The lowest BCUT2D eigenvalue weighted by molar-refractivity contribution is -0.00789. The summed E-state index contributed by atoms with van der Waals surface area (Å²) in [5.74, 6) is 0. The molecule has 0 saturated heterocycles. The molecule has 0 heterocycles. The zero-order valence-corrected chi connectivity index (χ0v) is 14.4. The highest BCUT2D eigenvalue weighted by Crippen LogP contribution is 2.13. The van der Waals surface area contributed by atoms with Gasteiger partial charge in [0.15, 0.2) is 0 Å². The smallest absolute Gasteiger partial charge is 0.334 e. The van der Waals surface area contributed by atoms with Crippen molar-refractivity contribution in [1.29, 1.82) is 0 Å². The van der Waals surface area contributed by atoms with Crippen molar-refractivity contribution in [2.24, 2.45) is 0 Å². The Kier molecular flexibility index (Phi) is 11.9. The highest BCUT2D eigenvalue weighted by Gasteiger charge is 2.27. The molecule has 0 N–H and O–H groups in total. The van der Waals surface area contributed by atoms with Gasteiger partial charge in [-0.15, -0.1) is 0 Å². The molecule has 116 valence electrons. The predicted octanol–water partition coefficient (Wildman–Crippen LogP) is 3.35. The number of ether oxygens (including phenoxy) is 2. The zero-order chi connectivity index (χ0) is 14.6. The molecule has 0 spiro atoms. The molecule has 0 aliphatic rings. The lowest BCUT2D eigenvalue weighted by Crippen LogP contribution is -2.36. The van der Waals surface area contributed by atoms with Gasteiger partial charge in [-0.1, -0.05) is 19.8 Å². The van der Waals surface area contributed by atoms with Crippen molar-refractivity contribution in [1.82, 2.24) is 0 Å². The first kappa shape index (κ1) is 19.1. The lowest BCUT2D eigenvalue weighted by Gasteiger charge is -2.22. The summed E-state index contributed by atoms with van der Waals surface area (Å²) in [5.41, 5.74) is 0. The fourth-order valence-electron chi connectivity index (χ4n) is 1.72. The van der Waals surface area contributed by atoms with Crippen molar-refractivity contribution >= 4 is 8.56 Å². The van der Waals surface area contributed by atoms with Crippen LogP contribution in [0.2, 0.25) is 12.6 Å². The summed E-state index contributed by atoms with van der Waals surface area (Å²) < 4.78 is 22.1. The van der Waals surface area contributed by atoms with Crippen molar-refractivity contribution in [2.75, 3.05) is 34.0 Å². The molecule has 4 nitrogen and oxygen atoms in total. The molecule has 0 bridgehead atoms. The van der Waals surface area contributed by atoms with E-state index in [0.717, 1.165) is 32.1 Å². The summed E-state index contributed by atoms with van der Waals surface area (Å²) in [4.78, 5) is 0. The molecule has 0 saturated carbocycles. The summed E-state index contributed by atoms with van der Waals surface area (Å²) in [7, 11) is 1.53. The van der Waals surface area contributed by atoms with Crippen LogP contribution < -0.4 is 0 Å². The van der Waals surface area contributed by atoms with E-state index in [9.17, 15) is 0 Å². The molecule has 0 rings (SSSR count). The molecule has 0 amide bonds. The second-order valence-corrected chi connectivity index (χ2v) is 8.69. The molecular weight excluding hydrogens is 260 g/mol. The third-order valence-corrected chi connectivity index (χ3v) is 6.27. The van der Waals surface area contributed by atoms with Gasteiger partial charge >= 0.3 is 8.56 Å². The maximum absolute atomic E-state index is 5.67. The van der Waals surface area contributed by atoms with Crippen molar-refractivity contribution in [3.8, 4) is 0 Å². The number of hydrogen-bond acceptors (Lipinski definition) is 4. The van der Waals surface area contributed by atoms with Gasteiger partial charge in [-0.05, 0) is 32.4 Å². The van der Waals surface area contributed by atoms with E-state index in [2.05, 4.69) is 20.4 Å². The fraction of sp³-hybridized carbons (Fsp3) is 1.00. The molecule has 0 aliphatic carbocycles. The van der Waals surface area contributed by atoms with Gasteiger partial charge in [0, 0.05) is 27.4 Å². The van der Waals surface area contributed by atoms with E-state index in [1.54, 1.807) is 14.2 Å². The maximum atomic E-state index is 5.67. The quantitative estimate of drug-likeness (QED) is 0.385. The second-order valence-electron chi connectivity index (χ2n) is 5.11. The maximum Gasteiger partial charge on any atom is 0.334 e. The van der Waals surface area contributed by atoms with Crippen molar-refractivity contribution in [3.63, 3.8) is 0 Å². The molecule has 0 fully saturated rings. The van der Waals surface area contributed by atoms with Crippen LogP contribution in [0.3, 0.4) is 0 Å². The Hall–Kier alpha value is 0.0569. The Bertz CT molecular complexity index is 198. The molecule has 5 heteroatoms. The Morgan fingerprint density at radius 3 is 2.26 bits per heavy atom. The van der Waals surface area contributed by atoms with Crippen LogP contribution in [0, 0.1) is 0 Å². The minimum atomic E-state index is -1.92. The first-order chi connectivity index (χ1) is 9.08. The van der Waals surface area contributed by atoms with E-state index in [4.69, 9.17) is 18.3 Å². The molecule has 0 radical (unpaired) electrons. The van der Waals surface area contributed by atoms with E-state index in [0.29, 0.717) is 6.61 Å². The monoisotopic (exact) mass is 292 g/mol. The second kappa shape index (κ2) is 11.8. The van der Waals surface area contributed by atoms with E-state index >= 15 is 0 Å². The van der Waals surface area contributed by atoms with Crippen LogP contribution in [-0.4, -0.2) is 48.7 Å².